The Bertz CT molecular complexity index is 353. The summed E-state index contributed by atoms with van der Waals surface area (Å²) in [6.07, 6.45) is -5.70. The highest BCUT2D eigenvalue weighted by atomic mass is 16.6. The average molecular weight is 292 g/mol. The van der Waals surface area contributed by atoms with Crippen LogP contribution in [0.15, 0.2) is 0 Å². The second-order valence-corrected chi connectivity index (χ2v) is 5.36. The minimum atomic E-state index is -2.35. The Morgan fingerprint density at radius 2 is 1.75 bits per heavy atom. The molecule has 2 aliphatic heterocycles. The number of aliphatic hydroxyl groups is 5. The third-order valence-electron chi connectivity index (χ3n) is 3.68. The maximum atomic E-state index is 11.7. The van der Waals surface area contributed by atoms with Gasteiger partial charge < -0.3 is 35.0 Å². The van der Waals surface area contributed by atoms with Crippen LogP contribution in [0.1, 0.15) is 12.8 Å². The fourth-order valence-electron chi connectivity index (χ4n) is 2.18. The van der Waals surface area contributed by atoms with E-state index < -0.39 is 42.4 Å². The maximum Gasteiger partial charge on any atom is 0.192 e. The Balaban J connectivity index is 2.02. The molecule has 116 valence electrons. The summed E-state index contributed by atoms with van der Waals surface area (Å²) >= 11 is 0. The molecule has 2 fully saturated rings. The zero-order valence-electron chi connectivity index (χ0n) is 10.9. The number of epoxide rings is 2. The first kappa shape index (κ1) is 15.8. The van der Waals surface area contributed by atoms with Crippen LogP contribution in [0.4, 0.5) is 0 Å². The van der Waals surface area contributed by atoms with Crippen molar-refractivity contribution in [1.82, 2.24) is 0 Å². The Hall–Kier alpha value is -0.610. The minimum absolute atomic E-state index is 0.0988. The smallest absolute Gasteiger partial charge is 0.192 e. The van der Waals surface area contributed by atoms with Gasteiger partial charge in [-0.2, -0.15) is 0 Å². The number of carbonyl (C=O) groups is 1. The number of carbonyl (C=O) groups excluding carboxylic acids is 1. The second kappa shape index (κ2) is 6.02. The van der Waals surface area contributed by atoms with Crippen LogP contribution in [0.3, 0.4) is 0 Å². The number of ether oxygens (including phenoxy) is 2. The highest BCUT2D eigenvalue weighted by Gasteiger charge is 2.51. The zero-order chi connectivity index (χ0) is 14.9. The maximum absolute atomic E-state index is 11.7. The van der Waals surface area contributed by atoms with Gasteiger partial charge >= 0.3 is 0 Å². The monoisotopic (exact) mass is 292 g/mol. The summed E-state index contributed by atoms with van der Waals surface area (Å²) in [5.74, 6) is -1.02. The fourth-order valence-corrected chi connectivity index (χ4v) is 2.18. The van der Waals surface area contributed by atoms with Gasteiger partial charge in [0.2, 0.25) is 0 Å². The summed E-state index contributed by atoms with van der Waals surface area (Å²) in [6, 6.07) is 0. The summed E-state index contributed by atoms with van der Waals surface area (Å²) in [5.41, 5.74) is -2.35. The van der Waals surface area contributed by atoms with Crippen molar-refractivity contribution in [3.63, 3.8) is 0 Å². The molecule has 2 aliphatic rings. The van der Waals surface area contributed by atoms with Gasteiger partial charge in [0, 0.05) is 12.8 Å². The summed E-state index contributed by atoms with van der Waals surface area (Å²) < 4.78 is 9.79. The van der Waals surface area contributed by atoms with Crippen LogP contribution in [0.2, 0.25) is 0 Å². The molecule has 0 amide bonds. The van der Waals surface area contributed by atoms with Crippen LogP contribution >= 0.6 is 0 Å². The van der Waals surface area contributed by atoms with E-state index in [1.807, 2.05) is 0 Å². The van der Waals surface area contributed by atoms with Crippen LogP contribution in [-0.4, -0.2) is 87.3 Å². The molecule has 0 bridgehead atoms. The number of ketones is 1. The first-order valence-electron chi connectivity index (χ1n) is 6.52. The summed E-state index contributed by atoms with van der Waals surface area (Å²) in [5, 5.41) is 48.9. The lowest BCUT2D eigenvalue weighted by atomic mass is 9.82. The molecule has 6 atom stereocenters. The molecule has 8 nitrogen and oxygen atoms in total. The molecule has 0 aliphatic carbocycles. The predicted octanol–water partition coefficient (Wildman–Crippen LogP) is -3.06. The molecule has 8 heteroatoms. The normalized spacial score (nSPS) is 32.0. The molecule has 0 aromatic carbocycles. The van der Waals surface area contributed by atoms with Crippen LogP contribution < -0.4 is 0 Å². The largest absolute Gasteiger partial charge is 0.390 e. The predicted molar refractivity (Wildman–Crippen MR) is 63.8 cm³/mol. The molecule has 0 aromatic rings. The number of hydrogen-bond acceptors (Lipinski definition) is 8. The Morgan fingerprint density at radius 3 is 2.20 bits per heavy atom. The van der Waals surface area contributed by atoms with Crippen molar-refractivity contribution in [1.29, 1.82) is 0 Å². The van der Waals surface area contributed by atoms with E-state index in [-0.39, 0.29) is 18.9 Å². The Morgan fingerprint density at radius 1 is 1.20 bits per heavy atom. The Kier molecular flexibility index (Phi) is 4.75. The lowest BCUT2D eigenvalue weighted by Crippen LogP contribution is -2.59. The number of aliphatic hydroxyl groups excluding tert-OH is 4. The highest BCUT2D eigenvalue weighted by Crippen LogP contribution is 2.30. The van der Waals surface area contributed by atoms with Crippen molar-refractivity contribution >= 4 is 5.78 Å². The van der Waals surface area contributed by atoms with Gasteiger partial charge in [-0.05, 0) is 0 Å². The minimum Gasteiger partial charge on any atom is -0.390 e. The van der Waals surface area contributed by atoms with Crippen molar-refractivity contribution in [3.8, 4) is 0 Å². The van der Waals surface area contributed by atoms with Gasteiger partial charge in [-0.15, -0.1) is 0 Å². The molecule has 0 aromatic heterocycles. The summed E-state index contributed by atoms with van der Waals surface area (Å²) in [7, 11) is 0. The highest BCUT2D eigenvalue weighted by molar-refractivity contribution is 5.88. The zero-order valence-corrected chi connectivity index (χ0v) is 10.9. The van der Waals surface area contributed by atoms with Crippen molar-refractivity contribution in [2.45, 2.75) is 49.0 Å². The van der Waals surface area contributed by atoms with E-state index in [1.54, 1.807) is 0 Å². The van der Waals surface area contributed by atoms with Gasteiger partial charge in [0.25, 0.3) is 0 Å². The first-order valence-corrected chi connectivity index (χ1v) is 6.52. The summed E-state index contributed by atoms with van der Waals surface area (Å²) in [6.45, 7) is -0.174. The van der Waals surface area contributed by atoms with Crippen LogP contribution in [0.5, 0.6) is 0 Å². The quantitative estimate of drug-likeness (QED) is 0.282. The van der Waals surface area contributed by atoms with Crippen molar-refractivity contribution in [3.05, 3.63) is 0 Å². The molecule has 5 N–H and O–H groups in total. The van der Waals surface area contributed by atoms with E-state index in [0.717, 1.165) is 0 Å². The lowest BCUT2D eigenvalue weighted by molar-refractivity contribution is -0.177. The van der Waals surface area contributed by atoms with E-state index in [9.17, 15) is 25.2 Å². The standard InChI is InChI=1S/C12H20O8/c13-3-9(15)12(18,2-7-5-20-7)11(17)10(16)8(14)1-6-4-19-6/h6-8,10-11,13-14,16-18H,1-5H2/t6?,7?,8?,10-,11-,12-/m1/s1. The molecule has 2 saturated heterocycles. The molecule has 0 radical (unpaired) electrons. The van der Waals surface area contributed by atoms with Crippen molar-refractivity contribution in [2.24, 2.45) is 0 Å². The molecule has 0 saturated carbocycles. The van der Waals surface area contributed by atoms with E-state index in [4.69, 9.17) is 14.6 Å². The third-order valence-corrected chi connectivity index (χ3v) is 3.68. The Labute approximate surface area is 115 Å². The van der Waals surface area contributed by atoms with Gasteiger partial charge in [-0.1, -0.05) is 0 Å². The molecule has 0 spiro atoms. The van der Waals surface area contributed by atoms with Gasteiger partial charge in [0.05, 0.1) is 31.5 Å². The van der Waals surface area contributed by atoms with Gasteiger partial charge in [-0.25, -0.2) is 0 Å². The fraction of sp³-hybridized carbons (Fsp3) is 0.917. The van der Waals surface area contributed by atoms with Crippen LogP contribution in [0, 0.1) is 0 Å². The number of Topliss-reactive ketones (excluding diaryl/α,β-unsaturated/α-hetero) is 1. The number of rotatable bonds is 9. The molecule has 3 unspecified atom stereocenters. The molecular weight excluding hydrogens is 272 g/mol. The topological polar surface area (TPSA) is 143 Å². The van der Waals surface area contributed by atoms with E-state index in [0.29, 0.717) is 13.2 Å². The van der Waals surface area contributed by atoms with Crippen LogP contribution in [0.25, 0.3) is 0 Å². The third kappa shape index (κ3) is 3.53. The second-order valence-electron chi connectivity index (χ2n) is 5.36. The van der Waals surface area contributed by atoms with Crippen LogP contribution in [-0.2, 0) is 14.3 Å². The molecule has 20 heavy (non-hydrogen) atoms. The number of hydrogen-bond donors (Lipinski definition) is 5. The average Bonchev–Trinajstić information content (AvgIpc) is 3.31. The van der Waals surface area contributed by atoms with Crippen molar-refractivity contribution < 1.29 is 39.8 Å². The first-order chi connectivity index (χ1) is 9.38. The van der Waals surface area contributed by atoms with E-state index in [1.165, 1.54) is 0 Å². The van der Waals surface area contributed by atoms with Gasteiger partial charge in [0.1, 0.15) is 18.8 Å². The molecule has 2 rings (SSSR count). The summed E-state index contributed by atoms with van der Waals surface area (Å²) in [4.78, 5) is 11.7. The molecular formula is C12H20O8. The SMILES string of the molecule is O=C(CO)[C@](O)(CC1CO1)[C@H](O)[C@H](O)C(O)CC1CO1. The van der Waals surface area contributed by atoms with Crippen molar-refractivity contribution in [2.75, 3.05) is 19.8 Å². The van der Waals surface area contributed by atoms with Gasteiger partial charge in [0.15, 0.2) is 11.4 Å². The lowest BCUT2D eigenvalue weighted by Gasteiger charge is -2.35. The van der Waals surface area contributed by atoms with E-state index in [2.05, 4.69) is 0 Å². The van der Waals surface area contributed by atoms with E-state index >= 15 is 0 Å². The van der Waals surface area contributed by atoms with Gasteiger partial charge in [-0.3, -0.25) is 4.79 Å². The molecule has 2 heterocycles.